The van der Waals surface area contributed by atoms with Crippen molar-refractivity contribution < 1.29 is 26.7 Å². The van der Waals surface area contributed by atoms with Gasteiger partial charge in [-0.2, -0.15) is 18.3 Å². The first-order valence-electron chi connectivity index (χ1n) is 9.23. The highest BCUT2D eigenvalue weighted by molar-refractivity contribution is 9.10. The van der Waals surface area contributed by atoms with Crippen LogP contribution < -0.4 is 10.1 Å². The van der Waals surface area contributed by atoms with Gasteiger partial charge in [0, 0.05) is 11.3 Å². The fraction of sp³-hybridized carbons (Fsp3) is 0.286. The molecule has 0 atom stereocenters. The van der Waals surface area contributed by atoms with Gasteiger partial charge >= 0.3 is 6.18 Å². The van der Waals surface area contributed by atoms with Crippen LogP contribution in [0.2, 0.25) is 0 Å². The van der Waals surface area contributed by atoms with Gasteiger partial charge in [-0.15, -0.1) is 0 Å². The molecular weight excluding hydrogens is 485 g/mol. The largest absolute Gasteiger partial charge is 0.489 e. The highest BCUT2D eigenvalue weighted by Gasteiger charge is 2.39. The third-order valence-corrected chi connectivity index (χ3v) is 5.33. The number of anilines is 2. The Hall–Kier alpha value is -2.62. The molecule has 1 aromatic heterocycles. The molecule has 0 fully saturated rings. The number of nitrogens with zero attached hydrogens (tertiary/aromatic N) is 2. The molecule has 0 amide bonds. The summed E-state index contributed by atoms with van der Waals surface area (Å²) >= 11 is 2.87. The number of ether oxygens (including phenoxy) is 1. The first kappa shape index (κ1) is 23.1. The van der Waals surface area contributed by atoms with Crippen LogP contribution in [0.1, 0.15) is 22.4 Å². The summed E-state index contributed by atoms with van der Waals surface area (Å²) in [6.45, 7) is 2.81. The minimum Gasteiger partial charge on any atom is -0.489 e. The number of benzene rings is 2. The van der Waals surface area contributed by atoms with Crippen molar-refractivity contribution in [1.29, 1.82) is 0 Å². The van der Waals surface area contributed by atoms with Gasteiger partial charge in [0.25, 0.3) is 6.43 Å². The van der Waals surface area contributed by atoms with Crippen molar-refractivity contribution in [3.63, 3.8) is 0 Å². The lowest BCUT2D eigenvalue weighted by Gasteiger charge is -2.18. The van der Waals surface area contributed by atoms with Crippen molar-refractivity contribution in [2.75, 3.05) is 5.32 Å². The predicted molar refractivity (Wildman–Crippen MR) is 111 cm³/mol. The molecular formula is C21H19BrF5N3O. The molecule has 3 aromatic rings. The molecule has 31 heavy (non-hydrogen) atoms. The molecule has 0 saturated carbocycles. The maximum absolute atomic E-state index is 13.3. The lowest BCUT2D eigenvalue weighted by molar-refractivity contribution is -0.142. The standard InChI is InChI=1S/C21H19BrF5N3O/c1-12-8-9-15(31-11-14-6-4-3-5-7-14)13(2)18(12)28-20-17(22)19(21(25,26)27)29-30(20)10-16(23)24/h3-9,16,28H,10-11H2,1-2H3. The van der Waals surface area contributed by atoms with Crippen LogP contribution in [0.15, 0.2) is 46.9 Å². The number of hydrogen-bond acceptors (Lipinski definition) is 3. The van der Waals surface area contributed by atoms with Gasteiger partial charge in [0.15, 0.2) is 5.69 Å². The molecule has 0 spiro atoms. The monoisotopic (exact) mass is 503 g/mol. The summed E-state index contributed by atoms with van der Waals surface area (Å²) in [6, 6.07) is 13.0. The van der Waals surface area contributed by atoms with E-state index in [2.05, 4.69) is 26.3 Å². The van der Waals surface area contributed by atoms with Crippen molar-refractivity contribution in [3.8, 4) is 5.75 Å². The number of rotatable bonds is 7. The summed E-state index contributed by atoms with van der Waals surface area (Å²) in [5.74, 6) is 0.308. The van der Waals surface area contributed by atoms with Gasteiger partial charge in [0.1, 0.15) is 24.7 Å². The van der Waals surface area contributed by atoms with Gasteiger partial charge < -0.3 is 10.1 Å². The van der Waals surface area contributed by atoms with E-state index >= 15 is 0 Å². The van der Waals surface area contributed by atoms with E-state index in [4.69, 9.17) is 4.74 Å². The third kappa shape index (κ3) is 5.36. The number of alkyl halides is 5. The summed E-state index contributed by atoms with van der Waals surface area (Å²) in [5.41, 5.74) is 1.46. The van der Waals surface area contributed by atoms with Crippen molar-refractivity contribution in [1.82, 2.24) is 9.78 Å². The van der Waals surface area contributed by atoms with Crippen LogP contribution in [0.5, 0.6) is 5.75 Å². The van der Waals surface area contributed by atoms with E-state index in [9.17, 15) is 22.0 Å². The molecule has 166 valence electrons. The Morgan fingerprint density at radius 1 is 1.10 bits per heavy atom. The van der Waals surface area contributed by atoms with Crippen LogP contribution in [-0.4, -0.2) is 16.2 Å². The molecule has 10 heteroatoms. The first-order valence-corrected chi connectivity index (χ1v) is 10.0. The van der Waals surface area contributed by atoms with Crippen LogP contribution in [-0.2, 0) is 19.3 Å². The lowest BCUT2D eigenvalue weighted by Crippen LogP contribution is -2.13. The van der Waals surface area contributed by atoms with Crippen molar-refractivity contribution in [2.45, 2.75) is 39.6 Å². The second-order valence-electron chi connectivity index (χ2n) is 6.86. The molecule has 0 bridgehead atoms. The van der Waals surface area contributed by atoms with Crippen molar-refractivity contribution >= 4 is 27.4 Å². The molecule has 1 heterocycles. The van der Waals surface area contributed by atoms with Gasteiger partial charge in [-0.25, -0.2) is 13.5 Å². The molecule has 0 saturated heterocycles. The van der Waals surface area contributed by atoms with E-state index in [0.717, 1.165) is 5.56 Å². The SMILES string of the molecule is Cc1ccc(OCc2ccccc2)c(C)c1Nc1c(Br)c(C(F)(F)F)nn1CC(F)F. The van der Waals surface area contributed by atoms with Gasteiger partial charge in [0.05, 0.1) is 4.47 Å². The average molecular weight is 504 g/mol. The van der Waals surface area contributed by atoms with Crippen molar-refractivity contribution in [2.24, 2.45) is 0 Å². The summed E-state index contributed by atoms with van der Waals surface area (Å²) in [5, 5.41) is 6.20. The predicted octanol–water partition coefficient (Wildman–Crippen LogP) is 6.87. The van der Waals surface area contributed by atoms with Gasteiger partial charge in [-0.05, 0) is 47.0 Å². The zero-order valence-electron chi connectivity index (χ0n) is 16.6. The quantitative estimate of drug-likeness (QED) is 0.357. The average Bonchev–Trinajstić information content (AvgIpc) is 3.00. The highest BCUT2D eigenvalue weighted by atomic mass is 79.9. The topological polar surface area (TPSA) is 39.1 Å². The van der Waals surface area contributed by atoms with E-state index in [1.807, 2.05) is 30.3 Å². The summed E-state index contributed by atoms with van der Waals surface area (Å²) in [6.07, 6.45) is -7.68. The zero-order chi connectivity index (χ0) is 22.8. The van der Waals surface area contributed by atoms with Gasteiger partial charge in [0.2, 0.25) is 0 Å². The Labute approximate surface area is 184 Å². The Morgan fingerprint density at radius 3 is 2.39 bits per heavy atom. The lowest BCUT2D eigenvalue weighted by atomic mass is 10.1. The molecule has 0 aliphatic carbocycles. The van der Waals surface area contributed by atoms with Crippen LogP contribution in [0.4, 0.5) is 33.5 Å². The summed E-state index contributed by atoms with van der Waals surface area (Å²) in [4.78, 5) is 0. The maximum Gasteiger partial charge on any atom is 0.436 e. The van der Waals surface area contributed by atoms with Crippen LogP contribution in [0.3, 0.4) is 0 Å². The zero-order valence-corrected chi connectivity index (χ0v) is 18.2. The minimum absolute atomic E-state index is 0.209. The highest BCUT2D eigenvalue weighted by Crippen LogP contribution is 2.41. The fourth-order valence-corrected chi connectivity index (χ4v) is 3.64. The molecule has 3 rings (SSSR count). The number of aromatic nitrogens is 2. The molecule has 1 N–H and O–H groups in total. The third-order valence-electron chi connectivity index (χ3n) is 4.58. The summed E-state index contributed by atoms with van der Waals surface area (Å²) < 4.78 is 71.7. The van der Waals surface area contributed by atoms with E-state index in [1.165, 1.54) is 0 Å². The maximum atomic E-state index is 13.3. The van der Waals surface area contributed by atoms with E-state index in [0.29, 0.717) is 33.9 Å². The second kappa shape index (κ2) is 9.25. The molecule has 0 aliphatic rings. The molecule has 0 radical (unpaired) electrons. The Morgan fingerprint density at radius 2 is 1.77 bits per heavy atom. The molecule has 4 nitrogen and oxygen atoms in total. The Bertz CT molecular complexity index is 1050. The second-order valence-corrected chi connectivity index (χ2v) is 7.66. The Balaban J connectivity index is 1.95. The van der Waals surface area contributed by atoms with Crippen LogP contribution in [0, 0.1) is 13.8 Å². The normalized spacial score (nSPS) is 11.8. The molecule has 0 unspecified atom stereocenters. The van der Waals surface area contributed by atoms with Gasteiger partial charge in [-0.1, -0.05) is 36.4 Å². The van der Waals surface area contributed by atoms with Crippen LogP contribution in [0.25, 0.3) is 0 Å². The number of halogens is 6. The smallest absolute Gasteiger partial charge is 0.436 e. The molecule has 2 aromatic carbocycles. The first-order chi connectivity index (χ1) is 14.6. The number of hydrogen-bond donors (Lipinski definition) is 1. The van der Waals surface area contributed by atoms with E-state index in [-0.39, 0.29) is 5.82 Å². The van der Waals surface area contributed by atoms with Crippen molar-refractivity contribution in [3.05, 3.63) is 69.3 Å². The minimum atomic E-state index is -4.80. The van der Waals surface area contributed by atoms with E-state index in [1.54, 1.807) is 26.0 Å². The van der Waals surface area contributed by atoms with Crippen LogP contribution >= 0.6 is 15.9 Å². The van der Waals surface area contributed by atoms with Gasteiger partial charge in [-0.3, -0.25) is 0 Å². The fourth-order valence-electron chi connectivity index (χ4n) is 3.03. The Kier molecular flexibility index (Phi) is 6.88. The van der Waals surface area contributed by atoms with E-state index < -0.39 is 29.3 Å². The number of nitrogens with one attached hydrogen (secondary N) is 1. The summed E-state index contributed by atoms with van der Waals surface area (Å²) in [7, 11) is 0. The number of aryl methyl sites for hydroxylation is 1. The molecule has 0 aliphatic heterocycles.